The molecule has 1 aliphatic rings. The van der Waals surface area contributed by atoms with Crippen molar-refractivity contribution >= 4 is 40.3 Å². The van der Waals surface area contributed by atoms with Crippen LogP contribution in [0.3, 0.4) is 0 Å². The molecular formula is C31H35F3N8O3. The third-order valence-electron chi connectivity index (χ3n) is 7.43. The maximum Gasteiger partial charge on any atom is 0.421 e. The van der Waals surface area contributed by atoms with Gasteiger partial charge in [0.1, 0.15) is 22.9 Å². The lowest BCUT2D eigenvalue weighted by molar-refractivity contribution is -0.138. The second-order valence-electron chi connectivity index (χ2n) is 11.1. The summed E-state index contributed by atoms with van der Waals surface area (Å²) >= 11 is 0. The van der Waals surface area contributed by atoms with Crippen LogP contribution in [0.1, 0.15) is 35.7 Å². The van der Waals surface area contributed by atoms with Gasteiger partial charge in [-0.05, 0) is 51.2 Å². The van der Waals surface area contributed by atoms with Crippen molar-refractivity contribution in [1.29, 1.82) is 0 Å². The van der Waals surface area contributed by atoms with Crippen molar-refractivity contribution in [3.63, 3.8) is 0 Å². The molecule has 0 radical (unpaired) electrons. The van der Waals surface area contributed by atoms with E-state index in [-0.39, 0.29) is 17.7 Å². The van der Waals surface area contributed by atoms with E-state index in [1.807, 2.05) is 30.9 Å². The van der Waals surface area contributed by atoms with Gasteiger partial charge in [-0.15, -0.1) is 0 Å². The summed E-state index contributed by atoms with van der Waals surface area (Å²) in [5, 5.41) is 3.03. The number of hydrogen-bond acceptors (Lipinski definition) is 9. The Kier molecular flexibility index (Phi) is 8.87. The molecule has 5 rings (SSSR count). The van der Waals surface area contributed by atoms with Crippen LogP contribution >= 0.6 is 0 Å². The molecule has 3 N–H and O–H groups in total. The molecule has 11 nitrogen and oxygen atoms in total. The van der Waals surface area contributed by atoms with Gasteiger partial charge < -0.3 is 30.3 Å². The fourth-order valence-corrected chi connectivity index (χ4v) is 4.93. The van der Waals surface area contributed by atoms with E-state index in [1.54, 1.807) is 36.4 Å². The number of nitrogens with zero attached hydrogens (tertiary/aromatic N) is 6. The molecule has 238 valence electrons. The van der Waals surface area contributed by atoms with Crippen LogP contribution in [-0.2, 0) is 11.0 Å². The molecule has 4 aromatic rings. The predicted molar refractivity (Wildman–Crippen MR) is 167 cm³/mol. The second kappa shape index (κ2) is 12.6. The van der Waals surface area contributed by atoms with Crippen LogP contribution in [0.5, 0.6) is 11.5 Å². The van der Waals surface area contributed by atoms with Gasteiger partial charge in [-0.1, -0.05) is 0 Å². The van der Waals surface area contributed by atoms with Gasteiger partial charge in [0.05, 0.1) is 30.9 Å². The number of imidazole rings is 1. The highest BCUT2D eigenvalue weighted by Crippen LogP contribution is 2.44. The van der Waals surface area contributed by atoms with Crippen molar-refractivity contribution in [1.82, 2.24) is 24.4 Å². The lowest BCUT2D eigenvalue weighted by Gasteiger charge is -2.25. The zero-order chi connectivity index (χ0) is 32.5. The first-order chi connectivity index (χ1) is 21.4. The number of likely N-dealkylation sites (N-methyl/N-ethyl adjacent to an activating group) is 2. The molecule has 0 atom stereocenters. The number of rotatable bonds is 12. The molecule has 45 heavy (non-hydrogen) atoms. The van der Waals surface area contributed by atoms with Gasteiger partial charge in [0.15, 0.2) is 5.82 Å². The number of hydrogen-bond donors (Lipinski definition) is 2. The zero-order valence-corrected chi connectivity index (χ0v) is 25.6. The first-order valence-corrected chi connectivity index (χ1v) is 14.2. The normalized spacial score (nSPS) is 13.5. The minimum absolute atomic E-state index is 0.00702. The summed E-state index contributed by atoms with van der Waals surface area (Å²) in [6.07, 6.45) is 0.459. The van der Waals surface area contributed by atoms with Gasteiger partial charge in [-0.3, -0.25) is 9.36 Å². The summed E-state index contributed by atoms with van der Waals surface area (Å²) in [5.41, 5.74) is 7.09. The van der Waals surface area contributed by atoms with Crippen molar-refractivity contribution in [3.8, 4) is 17.3 Å². The third kappa shape index (κ3) is 6.95. The molecule has 0 aliphatic heterocycles. The van der Waals surface area contributed by atoms with Crippen LogP contribution in [0, 0.1) is 0 Å². The average Bonchev–Trinajstić information content (AvgIpc) is 3.77. The van der Waals surface area contributed by atoms with E-state index in [0.717, 1.165) is 31.3 Å². The minimum Gasteiger partial charge on any atom is -0.497 e. The summed E-state index contributed by atoms with van der Waals surface area (Å²) in [4.78, 5) is 28.8. The summed E-state index contributed by atoms with van der Waals surface area (Å²) in [6, 6.07) is 8.51. The number of anilines is 3. The lowest BCUT2D eigenvalue weighted by Crippen LogP contribution is -2.29. The van der Waals surface area contributed by atoms with Crippen molar-refractivity contribution in [2.24, 2.45) is 5.73 Å². The van der Waals surface area contributed by atoms with Gasteiger partial charge in [-0.2, -0.15) is 18.2 Å². The van der Waals surface area contributed by atoms with Gasteiger partial charge in [-0.25, -0.2) is 9.97 Å². The highest BCUT2D eigenvalue weighted by Gasteiger charge is 2.39. The minimum atomic E-state index is -4.74. The number of methoxy groups -OCH3 is 2. The fourth-order valence-electron chi connectivity index (χ4n) is 4.93. The third-order valence-corrected chi connectivity index (χ3v) is 7.43. The molecule has 2 heterocycles. The van der Waals surface area contributed by atoms with Crippen molar-refractivity contribution in [2.45, 2.75) is 24.9 Å². The van der Waals surface area contributed by atoms with Crippen molar-refractivity contribution < 1.29 is 27.4 Å². The predicted octanol–water partition coefficient (Wildman–Crippen LogP) is 4.97. The molecule has 1 saturated carbocycles. The van der Waals surface area contributed by atoms with Crippen LogP contribution in [-0.4, -0.2) is 78.8 Å². The summed E-state index contributed by atoms with van der Waals surface area (Å²) in [7, 11) is 8.83. The Morgan fingerprint density at radius 1 is 1.11 bits per heavy atom. The topological polar surface area (TPSA) is 124 Å². The van der Waals surface area contributed by atoms with Crippen LogP contribution in [0.2, 0.25) is 0 Å². The maximum absolute atomic E-state index is 14.4. The molecule has 0 bridgehead atoms. The van der Waals surface area contributed by atoms with Crippen LogP contribution in [0.25, 0.3) is 22.9 Å². The Labute approximate surface area is 258 Å². The largest absolute Gasteiger partial charge is 0.497 e. The number of benzene rings is 2. The van der Waals surface area contributed by atoms with Gasteiger partial charge in [0.25, 0.3) is 0 Å². The molecule has 1 amide bonds. The molecule has 0 saturated heterocycles. The van der Waals surface area contributed by atoms with Gasteiger partial charge in [0, 0.05) is 61.7 Å². The first kappa shape index (κ1) is 31.6. The van der Waals surface area contributed by atoms with E-state index < -0.39 is 17.6 Å². The number of alkyl halides is 3. The number of halogens is 3. The summed E-state index contributed by atoms with van der Waals surface area (Å²) in [6.45, 7) is 1.43. The monoisotopic (exact) mass is 624 g/mol. The van der Waals surface area contributed by atoms with E-state index in [1.165, 1.54) is 24.9 Å². The van der Waals surface area contributed by atoms with E-state index in [4.69, 9.17) is 15.2 Å². The Bertz CT molecular complexity index is 1750. The van der Waals surface area contributed by atoms with E-state index in [2.05, 4.69) is 20.3 Å². The molecule has 14 heteroatoms. The lowest BCUT2D eigenvalue weighted by atomic mass is 10.1. The number of ether oxygens (including phenoxy) is 2. The fraction of sp³-hybridized carbons (Fsp3) is 0.355. The Morgan fingerprint density at radius 2 is 1.87 bits per heavy atom. The Hall–Kier alpha value is -4.85. The second-order valence-corrected chi connectivity index (χ2v) is 11.1. The van der Waals surface area contributed by atoms with E-state index >= 15 is 0 Å². The number of aromatic nitrogens is 4. The Morgan fingerprint density at radius 3 is 2.49 bits per heavy atom. The number of primary amides is 1. The van der Waals surface area contributed by atoms with Crippen LogP contribution in [0.4, 0.5) is 30.5 Å². The van der Waals surface area contributed by atoms with Gasteiger partial charge in [0.2, 0.25) is 11.9 Å². The quantitative estimate of drug-likeness (QED) is 0.210. The van der Waals surface area contributed by atoms with Crippen LogP contribution in [0.15, 0.2) is 42.6 Å². The smallest absolute Gasteiger partial charge is 0.421 e. The number of nitrogens with two attached hydrogens (primary N) is 1. The SMILES string of the molecule is COc1ccc2c(c1)nc(C1CC1)n2-c1nc(Nc2cc(C=CC(N)=O)c(N(C)CCN(C)C)cc2OC)ncc1C(F)(F)F. The highest BCUT2D eigenvalue weighted by molar-refractivity contribution is 5.92. The van der Waals surface area contributed by atoms with Crippen molar-refractivity contribution in [2.75, 3.05) is 58.7 Å². The molecule has 2 aromatic heterocycles. The zero-order valence-electron chi connectivity index (χ0n) is 25.6. The van der Waals surface area contributed by atoms with E-state index in [9.17, 15) is 18.0 Å². The van der Waals surface area contributed by atoms with Crippen molar-refractivity contribution in [3.05, 3.63) is 59.6 Å². The number of carbonyl (C=O) groups is 1. The summed E-state index contributed by atoms with van der Waals surface area (Å²) < 4.78 is 55.6. The maximum atomic E-state index is 14.4. The average molecular weight is 625 g/mol. The molecule has 1 fully saturated rings. The molecular weight excluding hydrogens is 589 g/mol. The van der Waals surface area contributed by atoms with Gasteiger partial charge >= 0.3 is 6.18 Å². The molecule has 1 aliphatic carbocycles. The Balaban J connectivity index is 1.63. The number of amides is 1. The molecule has 2 aromatic carbocycles. The standard InChI is InChI=1S/C31H35F3N8O3/c1-40(2)12-13-41(3)25-16-26(45-5)23(14-19(25)8-11-27(35)43)38-30-36-17-21(31(32,33)34)29(39-30)42-24-10-9-20(44-4)15-22(24)37-28(42)18-6-7-18/h8-11,14-18H,6-7,12-13H2,1-5H3,(H2,35,43)(H,36,38,39). The number of nitrogens with one attached hydrogen (secondary N) is 1. The van der Waals surface area contributed by atoms with Crippen LogP contribution < -0.4 is 25.4 Å². The summed E-state index contributed by atoms with van der Waals surface area (Å²) in [5.74, 6) is 0.369. The number of carbonyl (C=O) groups excluding carboxylic acids is 1. The molecule has 0 unspecified atom stereocenters. The van der Waals surface area contributed by atoms with E-state index in [0.29, 0.717) is 46.2 Å². The first-order valence-electron chi connectivity index (χ1n) is 14.2. The number of fused-ring (bicyclic) bond motifs is 1. The molecule has 0 spiro atoms. The highest BCUT2D eigenvalue weighted by atomic mass is 19.4.